The van der Waals surface area contributed by atoms with Crippen LogP contribution in [0.2, 0.25) is 0 Å². The molecule has 1 fully saturated rings. The molecule has 0 atom stereocenters. The van der Waals surface area contributed by atoms with Crippen LogP contribution in [0.4, 0.5) is 0 Å². The molecule has 0 bridgehead atoms. The summed E-state index contributed by atoms with van der Waals surface area (Å²) in [6, 6.07) is 8.22. The van der Waals surface area contributed by atoms with E-state index in [4.69, 9.17) is 4.74 Å². The van der Waals surface area contributed by atoms with Crippen LogP contribution in [0.1, 0.15) is 25.3 Å². The van der Waals surface area contributed by atoms with E-state index in [1.807, 2.05) is 12.1 Å². The highest BCUT2D eigenvalue weighted by Gasteiger charge is 2.36. The first-order chi connectivity index (χ1) is 6.72. The highest BCUT2D eigenvalue weighted by Crippen LogP contribution is 2.34. The fraction of sp³-hybridized carbons (Fsp3) is 0.500. The molecular weight excluding hydrogens is 174 g/mol. The fourth-order valence-corrected chi connectivity index (χ4v) is 1.46. The maximum Gasteiger partial charge on any atom is 0.119 e. The third kappa shape index (κ3) is 2.26. The number of ether oxygens (including phenoxy) is 1. The first kappa shape index (κ1) is 9.53. The fourth-order valence-electron chi connectivity index (χ4n) is 1.46. The summed E-state index contributed by atoms with van der Waals surface area (Å²) in [5.74, 6) is 0.935. The minimum atomic E-state index is 0.406. The molecule has 1 N–H and O–H groups in total. The van der Waals surface area contributed by atoms with Gasteiger partial charge in [-0.05, 0) is 37.5 Å². The molecule has 14 heavy (non-hydrogen) atoms. The summed E-state index contributed by atoms with van der Waals surface area (Å²) >= 11 is 0. The Morgan fingerprint density at radius 3 is 2.86 bits per heavy atom. The van der Waals surface area contributed by atoms with E-state index < -0.39 is 0 Å². The molecule has 76 valence electrons. The van der Waals surface area contributed by atoms with Crippen molar-refractivity contribution in [2.24, 2.45) is 0 Å². The molecule has 0 heterocycles. The number of nitrogens with one attached hydrogen (secondary N) is 1. The van der Waals surface area contributed by atoms with Gasteiger partial charge in [0, 0.05) is 12.1 Å². The van der Waals surface area contributed by atoms with Gasteiger partial charge < -0.3 is 10.1 Å². The van der Waals surface area contributed by atoms with Crippen molar-refractivity contribution in [1.82, 2.24) is 5.32 Å². The summed E-state index contributed by atoms with van der Waals surface area (Å²) in [5, 5.41) is 3.55. The minimum absolute atomic E-state index is 0.406. The summed E-state index contributed by atoms with van der Waals surface area (Å²) in [6.07, 6.45) is 2.61. The molecule has 0 aliphatic heterocycles. The Hall–Kier alpha value is -1.02. The second-order valence-corrected chi connectivity index (χ2v) is 4.27. The summed E-state index contributed by atoms with van der Waals surface area (Å²) in [4.78, 5) is 0. The Morgan fingerprint density at radius 1 is 1.43 bits per heavy atom. The number of benzene rings is 1. The zero-order valence-corrected chi connectivity index (χ0v) is 8.84. The molecule has 1 aliphatic rings. The van der Waals surface area contributed by atoms with Crippen LogP contribution in [0, 0.1) is 0 Å². The molecule has 1 aromatic rings. The number of hydrogen-bond acceptors (Lipinski definition) is 2. The Morgan fingerprint density at radius 2 is 2.21 bits per heavy atom. The average molecular weight is 191 g/mol. The van der Waals surface area contributed by atoms with Crippen molar-refractivity contribution in [3.05, 3.63) is 29.8 Å². The molecule has 0 spiro atoms. The second kappa shape index (κ2) is 3.62. The molecule has 2 nitrogen and oxygen atoms in total. The summed E-state index contributed by atoms with van der Waals surface area (Å²) in [5.41, 5.74) is 1.70. The number of hydrogen-bond donors (Lipinski definition) is 1. The second-order valence-electron chi connectivity index (χ2n) is 4.27. The average Bonchev–Trinajstić information content (AvgIpc) is 2.95. The van der Waals surface area contributed by atoms with Crippen LogP contribution in [0.15, 0.2) is 24.3 Å². The van der Waals surface area contributed by atoms with E-state index in [1.165, 1.54) is 18.4 Å². The molecule has 0 aromatic heterocycles. The normalized spacial score (nSPS) is 17.9. The van der Waals surface area contributed by atoms with E-state index in [1.54, 1.807) is 7.11 Å². The van der Waals surface area contributed by atoms with E-state index in [2.05, 4.69) is 24.4 Å². The Labute approximate surface area is 85.3 Å². The van der Waals surface area contributed by atoms with Crippen molar-refractivity contribution in [3.8, 4) is 5.75 Å². The predicted molar refractivity (Wildman–Crippen MR) is 57.5 cm³/mol. The van der Waals surface area contributed by atoms with Gasteiger partial charge in [0.25, 0.3) is 0 Å². The van der Waals surface area contributed by atoms with E-state index in [0.29, 0.717) is 5.54 Å². The van der Waals surface area contributed by atoms with E-state index >= 15 is 0 Å². The van der Waals surface area contributed by atoms with Gasteiger partial charge in [-0.3, -0.25) is 0 Å². The van der Waals surface area contributed by atoms with Crippen molar-refractivity contribution >= 4 is 0 Å². The smallest absolute Gasteiger partial charge is 0.119 e. The third-order valence-corrected chi connectivity index (χ3v) is 2.85. The highest BCUT2D eigenvalue weighted by atomic mass is 16.5. The number of rotatable bonds is 4. The van der Waals surface area contributed by atoms with Gasteiger partial charge >= 0.3 is 0 Å². The van der Waals surface area contributed by atoms with Crippen molar-refractivity contribution in [3.63, 3.8) is 0 Å². The highest BCUT2D eigenvalue weighted by molar-refractivity contribution is 5.28. The van der Waals surface area contributed by atoms with Gasteiger partial charge in [-0.15, -0.1) is 0 Å². The van der Waals surface area contributed by atoms with E-state index in [-0.39, 0.29) is 0 Å². The van der Waals surface area contributed by atoms with Gasteiger partial charge in [-0.25, -0.2) is 0 Å². The van der Waals surface area contributed by atoms with Gasteiger partial charge in [0.15, 0.2) is 0 Å². The van der Waals surface area contributed by atoms with Crippen LogP contribution < -0.4 is 10.1 Å². The van der Waals surface area contributed by atoms with Crippen LogP contribution >= 0.6 is 0 Å². The lowest BCUT2D eigenvalue weighted by atomic mass is 10.2. The lowest BCUT2D eigenvalue weighted by molar-refractivity contribution is 0.413. The lowest BCUT2D eigenvalue weighted by Gasteiger charge is -2.11. The zero-order chi connectivity index (χ0) is 10.0. The molecule has 0 radical (unpaired) electrons. The number of methoxy groups -OCH3 is 1. The van der Waals surface area contributed by atoms with Crippen molar-refractivity contribution < 1.29 is 4.74 Å². The molecule has 2 rings (SSSR count). The Balaban J connectivity index is 1.94. The molecule has 0 unspecified atom stereocenters. The molecular formula is C12H17NO. The summed E-state index contributed by atoms with van der Waals surface area (Å²) in [7, 11) is 1.70. The SMILES string of the molecule is COc1cccc(CNC2(C)CC2)c1. The van der Waals surface area contributed by atoms with Gasteiger partial charge in [0.1, 0.15) is 5.75 Å². The van der Waals surface area contributed by atoms with Crippen molar-refractivity contribution in [2.75, 3.05) is 7.11 Å². The third-order valence-electron chi connectivity index (χ3n) is 2.85. The van der Waals surface area contributed by atoms with Crippen molar-refractivity contribution in [1.29, 1.82) is 0 Å². The molecule has 1 saturated carbocycles. The van der Waals surface area contributed by atoms with Crippen LogP contribution in [-0.4, -0.2) is 12.6 Å². The minimum Gasteiger partial charge on any atom is -0.497 e. The van der Waals surface area contributed by atoms with Crippen LogP contribution in [0.25, 0.3) is 0 Å². The van der Waals surface area contributed by atoms with Crippen LogP contribution in [0.3, 0.4) is 0 Å². The largest absolute Gasteiger partial charge is 0.497 e. The van der Waals surface area contributed by atoms with E-state index in [0.717, 1.165) is 12.3 Å². The quantitative estimate of drug-likeness (QED) is 0.788. The zero-order valence-electron chi connectivity index (χ0n) is 8.84. The first-order valence-corrected chi connectivity index (χ1v) is 5.10. The lowest BCUT2D eigenvalue weighted by Crippen LogP contribution is -2.26. The molecule has 2 heteroatoms. The van der Waals surface area contributed by atoms with E-state index in [9.17, 15) is 0 Å². The van der Waals surface area contributed by atoms with Crippen molar-refractivity contribution in [2.45, 2.75) is 31.8 Å². The van der Waals surface area contributed by atoms with Gasteiger partial charge in [0.05, 0.1) is 7.11 Å². The summed E-state index contributed by atoms with van der Waals surface area (Å²) < 4.78 is 5.17. The first-order valence-electron chi connectivity index (χ1n) is 5.10. The summed E-state index contributed by atoms with van der Waals surface area (Å²) in [6.45, 7) is 3.21. The van der Waals surface area contributed by atoms with Gasteiger partial charge in [-0.1, -0.05) is 12.1 Å². The molecule has 1 aromatic carbocycles. The Bertz CT molecular complexity index is 318. The van der Waals surface area contributed by atoms with Crippen LogP contribution in [-0.2, 0) is 6.54 Å². The standard InChI is InChI=1S/C12H17NO/c1-12(6-7-12)13-9-10-4-3-5-11(8-10)14-2/h3-5,8,13H,6-7,9H2,1-2H3. The van der Waals surface area contributed by atoms with Gasteiger partial charge in [0.2, 0.25) is 0 Å². The Kier molecular flexibility index (Phi) is 2.46. The maximum absolute atomic E-state index is 5.17. The topological polar surface area (TPSA) is 21.3 Å². The molecule has 1 aliphatic carbocycles. The van der Waals surface area contributed by atoms with Gasteiger partial charge in [-0.2, -0.15) is 0 Å². The maximum atomic E-state index is 5.17. The predicted octanol–water partition coefficient (Wildman–Crippen LogP) is 2.34. The molecule has 0 saturated heterocycles. The molecule has 0 amide bonds. The van der Waals surface area contributed by atoms with Crippen LogP contribution in [0.5, 0.6) is 5.75 Å². The monoisotopic (exact) mass is 191 g/mol.